The topological polar surface area (TPSA) is 53.9 Å². The minimum Gasteiger partial charge on any atom is -0.320 e. The van der Waals surface area contributed by atoms with Crippen LogP contribution in [0.1, 0.15) is 13.8 Å². The molecule has 0 aromatic heterocycles. The lowest BCUT2D eigenvalue weighted by Gasteiger charge is -2.27. The van der Waals surface area contributed by atoms with Crippen LogP contribution in [0.15, 0.2) is 59.5 Å². The van der Waals surface area contributed by atoms with E-state index in [-0.39, 0.29) is 24.4 Å². The second-order valence-electron chi connectivity index (χ2n) is 6.41. The molecule has 0 heterocycles. The number of anilines is 2. The number of likely N-dealkylation sites (N-methyl/N-ethyl adjacent to an activating group) is 2. The van der Waals surface area contributed by atoms with E-state index in [9.17, 15) is 9.59 Å². The van der Waals surface area contributed by atoms with E-state index in [1.165, 1.54) is 0 Å². The monoisotopic (exact) mass is 386 g/mol. The molecule has 5 nitrogen and oxygen atoms in total. The Morgan fingerprint density at radius 2 is 1.74 bits per heavy atom. The van der Waals surface area contributed by atoms with Crippen LogP contribution in [0.4, 0.5) is 11.4 Å². The predicted molar refractivity (Wildman–Crippen MR) is 113 cm³/mol. The number of hydrogen-bond acceptors (Lipinski definition) is 3. The van der Waals surface area contributed by atoms with E-state index < -0.39 is 0 Å². The number of nitrogens with one attached hydrogen (secondary N) is 2. The van der Waals surface area contributed by atoms with Crippen LogP contribution in [0, 0.1) is 0 Å². The Labute approximate surface area is 165 Å². The third-order valence-electron chi connectivity index (χ3n) is 4.58. The quantitative estimate of drug-likeness (QED) is 0.685. The molecule has 1 unspecified atom stereocenters. The fraction of sp³-hybridized carbons (Fsp3) is 0.333. The summed E-state index contributed by atoms with van der Waals surface area (Å²) in [6.45, 7) is 4.64. The van der Waals surface area contributed by atoms with Crippen LogP contribution in [0.5, 0.6) is 0 Å². The number of thioether (sulfide) groups is 1. The number of nitrogens with zero attached hydrogens (tertiary/aromatic N) is 1. The van der Waals surface area contributed by atoms with Gasteiger partial charge in [0.2, 0.25) is 0 Å². The minimum atomic E-state index is -0.327. The number of carbonyl (C=O) groups excluding carboxylic acids is 2. The molecule has 2 atom stereocenters. The number of amides is 2. The highest BCUT2D eigenvalue weighted by Crippen LogP contribution is 2.24. The van der Waals surface area contributed by atoms with E-state index in [2.05, 4.69) is 5.32 Å². The van der Waals surface area contributed by atoms with Crippen molar-refractivity contribution in [2.75, 3.05) is 36.6 Å². The average Bonchev–Trinajstić information content (AvgIpc) is 2.69. The van der Waals surface area contributed by atoms with Gasteiger partial charge in [-0.1, -0.05) is 30.3 Å². The summed E-state index contributed by atoms with van der Waals surface area (Å²) in [5, 5.41) is 2.96. The molecule has 27 heavy (non-hydrogen) atoms. The number of quaternary nitrogens is 1. The van der Waals surface area contributed by atoms with Gasteiger partial charge in [-0.3, -0.25) is 9.59 Å². The Balaban J connectivity index is 2.00. The number of carbonyl (C=O) groups is 2. The van der Waals surface area contributed by atoms with Crippen molar-refractivity contribution < 1.29 is 14.5 Å². The normalized spacial score (nSPS) is 12.9. The van der Waals surface area contributed by atoms with Gasteiger partial charge in [0.05, 0.1) is 12.7 Å². The number of rotatable bonds is 8. The van der Waals surface area contributed by atoms with Gasteiger partial charge in [-0.15, -0.1) is 11.8 Å². The fourth-order valence-electron chi connectivity index (χ4n) is 2.87. The van der Waals surface area contributed by atoms with Gasteiger partial charge in [-0.25, -0.2) is 0 Å². The largest absolute Gasteiger partial charge is 0.320 e. The summed E-state index contributed by atoms with van der Waals surface area (Å²) >= 11 is 1.59. The summed E-state index contributed by atoms with van der Waals surface area (Å²) in [4.78, 5) is 29.0. The zero-order chi connectivity index (χ0) is 19.8. The highest BCUT2D eigenvalue weighted by molar-refractivity contribution is 7.98. The summed E-state index contributed by atoms with van der Waals surface area (Å²) < 4.78 is 0. The Bertz CT molecular complexity index is 767. The van der Waals surface area contributed by atoms with E-state index in [0.717, 1.165) is 21.2 Å². The fourth-order valence-corrected chi connectivity index (χ4v) is 3.42. The molecule has 0 spiro atoms. The summed E-state index contributed by atoms with van der Waals surface area (Å²) in [6.07, 6.45) is 1.98. The SMILES string of the molecule is CCN(C(=O)[C@@H](C)[NH+](C)CC(=O)Nc1ccccc1SC)c1ccccc1. The van der Waals surface area contributed by atoms with Gasteiger partial charge in [-0.2, -0.15) is 0 Å². The van der Waals surface area contributed by atoms with Gasteiger partial charge >= 0.3 is 0 Å². The molecule has 2 aromatic carbocycles. The predicted octanol–water partition coefficient (Wildman–Crippen LogP) is 2.30. The molecule has 0 fully saturated rings. The summed E-state index contributed by atoms with van der Waals surface area (Å²) in [5.41, 5.74) is 1.68. The van der Waals surface area contributed by atoms with E-state index in [1.807, 2.05) is 81.7 Å². The molecule has 0 radical (unpaired) electrons. The van der Waals surface area contributed by atoms with Crippen LogP contribution < -0.4 is 15.1 Å². The van der Waals surface area contributed by atoms with Crippen LogP contribution in [-0.4, -0.2) is 44.2 Å². The molecule has 0 bridgehead atoms. The first-order valence-corrected chi connectivity index (χ1v) is 10.3. The maximum atomic E-state index is 12.9. The molecule has 144 valence electrons. The molecule has 2 amide bonds. The van der Waals surface area contributed by atoms with Gasteiger partial charge in [0.25, 0.3) is 11.8 Å². The van der Waals surface area contributed by atoms with Gasteiger partial charge in [0.1, 0.15) is 0 Å². The zero-order valence-electron chi connectivity index (χ0n) is 16.4. The average molecular weight is 387 g/mol. The molecule has 0 aliphatic rings. The number of para-hydroxylation sites is 2. The Hall–Kier alpha value is -2.31. The highest BCUT2D eigenvalue weighted by atomic mass is 32.2. The molecular weight excluding hydrogens is 358 g/mol. The summed E-state index contributed by atoms with van der Waals surface area (Å²) in [7, 11) is 1.88. The van der Waals surface area contributed by atoms with Gasteiger partial charge < -0.3 is 15.1 Å². The third-order valence-corrected chi connectivity index (χ3v) is 5.38. The van der Waals surface area contributed by atoms with Gasteiger partial charge in [-0.05, 0) is 44.4 Å². The van der Waals surface area contributed by atoms with E-state index in [4.69, 9.17) is 0 Å². The molecule has 2 aromatic rings. The highest BCUT2D eigenvalue weighted by Gasteiger charge is 2.28. The zero-order valence-corrected chi connectivity index (χ0v) is 17.2. The Morgan fingerprint density at radius 3 is 2.37 bits per heavy atom. The molecule has 2 rings (SSSR count). The molecule has 0 saturated carbocycles. The molecule has 2 N–H and O–H groups in total. The van der Waals surface area contributed by atoms with Crippen molar-refractivity contribution in [3.05, 3.63) is 54.6 Å². The maximum Gasteiger partial charge on any atom is 0.284 e. The lowest BCUT2D eigenvalue weighted by atomic mass is 10.2. The lowest BCUT2D eigenvalue weighted by Crippen LogP contribution is -3.15. The first-order valence-electron chi connectivity index (χ1n) is 9.09. The van der Waals surface area contributed by atoms with Crippen molar-refractivity contribution in [3.8, 4) is 0 Å². The van der Waals surface area contributed by atoms with Crippen molar-refractivity contribution in [1.82, 2.24) is 0 Å². The van der Waals surface area contributed by atoms with Crippen LogP contribution in [-0.2, 0) is 9.59 Å². The molecule has 6 heteroatoms. The van der Waals surface area contributed by atoms with Crippen molar-refractivity contribution >= 4 is 35.0 Å². The van der Waals surface area contributed by atoms with Gasteiger partial charge in [0.15, 0.2) is 12.6 Å². The van der Waals surface area contributed by atoms with E-state index in [1.54, 1.807) is 16.7 Å². The second kappa shape index (κ2) is 10.1. The first kappa shape index (κ1) is 21.0. The van der Waals surface area contributed by atoms with Crippen LogP contribution in [0.25, 0.3) is 0 Å². The van der Waals surface area contributed by atoms with Crippen molar-refractivity contribution in [1.29, 1.82) is 0 Å². The smallest absolute Gasteiger partial charge is 0.284 e. The van der Waals surface area contributed by atoms with Crippen molar-refractivity contribution in [2.24, 2.45) is 0 Å². The molecule has 0 aliphatic carbocycles. The maximum absolute atomic E-state index is 12.9. The van der Waals surface area contributed by atoms with Crippen molar-refractivity contribution in [3.63, 3.8) is 0 Å². The third kappa shape index (κ3) is 5.58. The number of benzene rings is 2. The van der Waals surface area contributed by atoms with E-state index in [0.29, 0.717) is 6.54 Å². The van der Waals surface area contributed by atoms with Crippen molar-refractivity contribution in [2.45, 2.75) is 24.8 Å². The minimum absolute atomic E-state index is 0.0125. The van der Waals surface area contributed by atoms with Crippen LogP contribution in [0.2, 0.25) is 0 Å². The van der Waals surface area contributed by atoms with Gasteiger partial charge in [0, 0.05) is 17.1 Å². The second-order valence-corrected chi connectivity index (χ2v) is 7.26. The number of hydrogen-bond donors (Lipinski definition) is 2. The molecular formula is C21H28N3O2S+. The summed E-state index contributed by atoms with van der Waals surface area (Å²) in [5.74, 6) is -0.0880. The summed E-state index contributed by atoms with van der Waals surface area (Å²) in [6, 6.07) is 17.0. The van der Waals surface area contributed by atoms with Crippen LogP contribution >= 0.6 is 11.8 Å². The lowest BCUT2D eigenvalue weighted by molar-refractivity contribution is -0.885. The Morgan fingerprint density at radius 1 is 1.11 bits per heavy atom. The standard InChI is InChI=1S/C21H27N3O2S/c1-5-24(17-11-7-6-8-12-17)21(26)16(2)23(3)15-20(25)22-18-13-9-10-14-19(18)27-4/h6-14,16H,5,15H2,1-4H3,(H,22,25)/p+1/t16-/m1/s1. The molecule has 0 aliphatic heterocycles. The van der Waals surface area contributed by atoms with E-state index >= 15 is 0 Å². The Kier molecular flexibility index (Phi) is 7.88. The molecule has 0 saturated heterocycles. The first-order chi connectivity index (χ1) is 13.0. The van der Waals surface area contributed by atoms with Crippen LogP contribution in [0.3, 0.4) is 0 Å².